The Morgan fingerprint density at radius 2 is 1.72 bits per heavy atom. The summed E-state index contributed by atoms with van der Waals surface area (Å²) in [5.74, 6) is 0.0289. The van der Waals surface area contributed by atoms with Crippen molar-refractivity contribution in [2.75, 3.05) is 6.61 Å². The second-order valence-electron chi connectivity index (χ2n) is 7.07. The molecule has 18 heavy (non-hydrogen) atoms. The number of rotatable bonds is 1. The minimum Gasteiger partial charge on any atom is -0.466 e. The molecule has 3 nitrogen and oxygen atoms in total. The number of cyclic esters (lactones) is 1. The number of hydrogen-bond acceptors (Lipinski definition) is 3. The molecule has 0 aromatic rings. The van der Waals surface area contributed by atoms with Crippen molar-refractivity contribution in [3.8, 4) is 0 Å². The molecule has 2 fully saturated rings. The average molecular weight is 286 g/mol. The topological polar surface area (TPSA) is 29.5 Å². The van der Waals surface area contributed by atoms with Crippen LogP contribution in [0, 0.1) is 0 Å². The van der Waals surface area contributed by atoms with E-state index < -0.39 is 16.5 Å². The SMILES string of the molecule is C[Si]1(C)CC[Si](C)(C)N1C1CCCCOC(=O)C1. The molecule has 0 aromatic carbocycles. The van der Waals surface area contributed by atoms with Crippen LogP contribution in [0.25, 0.3) is 0 Å². The van der Waals surface area contributed by atoms with E-state index in [2.05, 4.69) is 30.4 Å². The van der Waals surface area contributed by atoms with Gasteiger partial charge < -0.3 is 8.97 Å². The van der Waals surface area contributed by atoms with E-state index in [4.69, 9.17) is 4.74 Å². The van der Waals surface area contributed by atoms with E-state index in [0.29, 0.717) is 19.1 Å². The first kappa shape index (κ1) is 14.3. The fourth-order valence-electron chi connectivity index (χ4n) is 3.90. The van der Waals surface area contributed by atoms with Gasteiger partial charge in [-0.1, -0.05) is 26.2 Å². The Kier molecular flexibility index (Phi) is 4.04. The van der Waals surface area contributed by atoms with Crippen molar-refractivity contribution < 1.29 is 9.53 Å². The highest BCUT2D eigenvalue weighted by Crippen LogP contribution is 2.40. The lowest BCUT2D eigenvalue weighted by atomic mass is 10.1. The molecule has 2 heterocycles. The van der Waals surface area contributed by atoms with E-state index in [1.54, 1.807) is 0 Å². The molecule has 104 valence electrons. The van der Waals surface area contributed by atoms with E-state index in [0.717, 1.165) is 6.42 Å². The van der Waals surface area contributed by atoms with Gasteiger partial charge in [-0.3, -0.25) is 4.79 Å². The molecule has 2 aliphatic heterocycles. The van der Waals surface area contributed by atoms with Gasteiger partial charge in [0.2, 0.25) is 0 Å². The van der Waals surface area contributed by atoms with Crippen LogP contribution in [0.15, 0.2) is 0 Å². The smallest absolute Gasteiger partial charge is 0.307 e. The van der Waals surface area contributed by atoms with Crippen molar-refractivity contribution >= 4 is 22.4 Å². The molecule has 5 heteroatoms. The molecule has 2 aliphatic rings. The maximum Gasteiger partial charge on any atom is 0.307 e. The highest BCUT2D eigenvalue weighted by molar-refractivity contribution is 6.95. The van der Waals surface area contributed by atoms with Gasteiger partial charge in [-0.05, 0) is 31.4 Å². The Bertz CT molecular complexity index is 315. The Balaban J connectivity index is 2.18. The predicted molar refractivity (Wildman–Crippen MR) is 79.6 cm³/mol. The standard InChI is InChI=1S/C13H27NO2Si2/c1-17(2)9-10-18(3,4)14(17)12-7-5-6-8-16-13(15)11-12/h12H,5-11H2,1-4H3. The first-order valence-electron chi connectivity index (χ1n) is 7.28. The summed E-state index contributed by atoms with van der Waals surface area (Å²) >= 11 is 0. The Labute approximate surface area is 113 Å². The van der Waals surface area contributed by atoms with Gasteiger partial charge in [-0.2, -0.15) is 0 Å². The summed E-state index contributed by atoms with van der Waals surface area (Å²) in [5.41, 5.74) is 0. The van der Waals surface area contributed by atoms with Crippen LogP contribution in [-0.2, 0) is 9.53 Å². The minimum atomic E-state index is -1.27. The fraction of sp³-hybridized carbons (Fsp3) is 0.923. The maximum absolute atomic E-state index is 11.8. The van der Waals surface area contributed by atoms with Gasteiger partial charge in [0.15, 0.2) is 0 Å². The van der Waals surface area contributed by atoms with Gasteiger partial charge >= 0.3 is 5.97 Å². The van der Waals surface area contributed by atoms with Crippen LogP contribution in [0.4, 0.5) is 0 Å². The van der Waals surface area contributed by atoms with E-state index >= 15 is 0 Å². The lowest BCUT2D eigenvalue weighted by Crippen LogP contribution is -2.60. The molecule has 0 radical (unpaired) electrons. The molecule has 1 atom stereocenters. The Morgan fingerprint density at radius 3 is 2.33 bits per heavy atom. The number of carbonyl (C=O) groups excluding carboxylic acids is 1. The molecule has 0 bridgehead atoms. The Morgan fingerprint density at radius 1 is 1.11 bits per heavy atom. The first-order valence-corrected chi connectivity index (χ1v) is 13.6. The molecule has 0 aliphatic carbocycles. The van der Waals surface area contributed by atoms with Crippen LogP contribution in [0.2, 0.25) is 38.3 Å². The highest BCUT2D eigenvalue weighted by Gasteiger charge is 2.50. The number of carbonyl (C=O) groups is 1. The number of hydrogen-bond donors (Lipinski definition) is 0. The normalized spacial score (nSPS) is 32.7. The summed E-state index contributed by atoms with van der Waals surface area (Å²) in [5, 5.41) is 0. The molecular weight excluding hydrogens is 258 g/mol. The van der Waals surface area contributed by atoms with Crippen LogP contribution in [0.3, 0.4) is 0 Å². The van der Waals surface area contributed by atoms with Crippen LogP contribution in [-0.4, -0.2) is 39.3 Å². The lowest BCUT2D eigenvalue weighted by molar-refractivity contribution is -0.145. The second-order valence-corrected chi connectivity index (χ2v) is 16.7. The summed E-state index contributed by atoms with van der Waals surface area (Å²) in [7, 11) is -2.55. The quantitative estimate of drug-likeness (QED) is 0.547. The second kappa shape index (κ2) is 5.09. The zero-order chi connectivity index (χ0) is 13.4. The van der Waals surface area contributed by atoms with Gasteiger partial charge in [0.25, 0.3) is 0 Å². The van der Waals surface area contributed by atoms with Crippen molar-refractivity contribution in [2.24, 2.45) is 0 Å². The molecule has 2 rings (SSSR count). The summed E-state index contributed by atoms with van der Waals surface area (Å²) in [6.45, 7) is 10.6. The largest absolute Gasteiger partial charge is 0.466 e. The zero-order valence-electron chi connectivity index (χ0n) is 12.3. The predicted octanol–water partition coefficient (Wildman–Crippen LogP) is 3.20. The van der Waals surface area contributed by atoms with Crippen LogP contribution >= 0.6 is 0 Å². The number of nitrogens with zero attached hydrogens (tertiary/aromatic N) is 1. The van der Waals surface area contributed by atoms with Crippen molar-refractivity contribution in [3.63, 3.8) is 0 Å². The van der Waals surface area contributed by atoms with Crippen LogP contribution in [0.5, 0.6) is 0 Å². The summed E-state index contributed by atoms with van der Waals surface area (Å²) in [4.78, 5) is 11.8. The molecule has 2 saturated heterocycles. The van der Waals surface area contributed by atoms with Crippen molar-refractivity contribution in [3.05, 3.63) is 0 Å². The van der Waals surface area contributed by atoms with E-state index in [1.807, 2.05) is 0 Å². The first-order chi connectivity index (χ1) is 8.33. The molecule has 0 N–H and O–H groups in total. The van der Waals surface area contributed by atoms with Gasteiger partial charge in [0.1, 0.15) is 16.5 Å². The third-order valence-electron chi connectivity index (χ3n) is 4.62. The van der Waals surface area contributed by atoms with E-state index in [9.17, 15) is 4.79 Å². The molecule has 1 unspecified atom stereocenters. The van der Waals surface area contributed by atoms with Gasteiger partial charge in [0, 0.05) is 6.04 Å². The van der Waals surface area contributed by atoms with Crippen molar-refractivity contribution in [2.45, 2.75) is 70.0 Å². The van der Waals surface area contributed by atoms with E-state index in [1.165, 1.54) is 24.9 Å². The Hall–Kier alpha value is -0.136. The highest BCUT2D eigenvalue weighted by atomic mass is 28.4. The van der Waals surface area contributed by atoms with Crippen molar-refractivity contribution in [1.29, 1.82) is 0 Å². The maximum atomic E-state index is 11.8. The summed E-state index contributed by atoms with van der Waals surface area (Å²) in [6.07, 6.45) is 4.08. The summed E-state index contributed by atoms with van der Waals surface area (Å²) in [6, 6.07) is 3.30. The third kappa shape index (κ3) is 2.88. The van der Waals surface area contributed by atoms with Gasteiger partial charge in [-0.15, -0.1) is 0 Å². The minimum absolute atomic E-state index is 0.0289. The molecular formula is C13H27NO2Si2. The van der Waals surface area contributed by atoms with Crippen LogP contribution in [0.1, 0.15) is 25.7 Å². The van der Waals surface area contributed by atoms with Gasteiger partial charge in [-0.25, -0.2) is 0 Å². The third-order valence-corrected chi connectivity index (χ3v) is 15.0. The molecule has 0 saturated carbocycles. The molecule has 0 aromatic heterocycles. The van der Waals surface area contributed by atoms with Gasteiger partial charge in [0.05, 0.1) is 13.0 Å². The monoisotopic (exact) mass is 285 g/mol. The van der Waals surface area contributed by atoms with Crippen LogP contribution < -0.4 is 0 Å². The lowest BCUT2D eigenvalue weighted by Gasteiger charge is -2.45. The van der Waals surface area contributed by atoms with E-state index in [-0.39, 0.29) is 5.97 Å². The summed E-state index contributed by atoms with van der Waals surface area (Å²) < 4.78 is 8.14. The number of esters is 1. The van der Waals surface area contributed by atoms with Crippen molar-refractivity contribution in [1.82, 2.24) is 4.23 Å². The zero-order valence-corrected chi connectivity index (χ0v) is 14.3. The molecule has 0 amide bonds. The fourth-order valence-corrected chi connectivity index (χ4v) is 18.9. The average Bonchev–Trinajstić information content (AvgIpc) is 2.43. The number of ether oxygens (including phenoxy) is 1. The molecule has 0 spiro atoms.